The van der Waals surface area contributed by atoms with E-state index in [4.69, 9.17) is 11.6 Å². The molecule has 0 aromatic heterocycles. The minimum Gasteiger partial charge on any atom is -0.380 e. The number of alkyl halides is 3. The summed E-state index contributed by atoms with van der Waals surface area (Å²) in [4.78, 5) is 0. The normalized spacial score (nSPS) is 11.5. The van der Waals surface area contributed by atoms with Gasteiger partial charge in [-0.05, 0) is 42.0 Å². The molecule has 0 radical (unpaired) electrons. The van der Waals surface area contributed by atoms with Gasteiger partial charge in [-0.3, -0.25) is 0 Å². The maximum atomic E-state index is 13.0. The molecule has 2 aromatic carbocycles. The second-order valence-corrected chi connectivity index (χ2v) is 6.48. The second-order valence-electron chi connectivity index (χ2n) is 4.28. The van der Waals surface area contributed by atoms with E-state index in [0.29, 0.717) is 9.50 Å². The molecular formula is C14H9Br2ClF3N. The van der Waals surface area contributed by atoms with Crippen LogP contribution >= 0.6 is 43.5 Å². The molecule has 0 unspecified atom stereocenters. The highest BCUT2D eigenvalue weighted by atomic mass is 79.9. The van der Waals surface area contributed by atoms with Crippen molar-refractivity contribution in [1.82, 2.24) is 0 Å². The number of anilines is 1. The minimum absolute atomic E-state index is 0.0255. The monoisotopic (exact) mass is 441 g/mol. The van der Waals surface area contributed by atoms with E-state index < -0.39 is 11.7 Å². The van der Waals surface area contributed by atoms with Crippen LogP contribution in [-0.4, -0.2) is 0 Å². The zero-order valence-corrected chi connectivity index (χ0v) is 14.4. The summed E-state index contributed by atoms with van der Waals surface area (Å²) in [5.74, 6) is 0. The van der Waals surface area contributed by atoms with Crippen molar-refractivity contribution in [2.24, 2.45) is 0 Å². The molecule has 1 nitrogen and oxygen atoms in total. The van der Waals surface area contributed by atoms with Gasteiger partial charge in [0.2, 0.25) is 0 Å². The van der Waals surface area contributed by atoms with E-state index in [-0.39, 0.29) is 12.2 Å². The van der Waals surface area contributed by atoms with Crippen LogP contribution in [0.15, 0.2) is 45.3 Å². The standard InChI is InChI=1S/C14H9Br2ClF3N/c15-9-1-4-13(11(6-9)14(18,19)20)21-7-8-5-10(17)2-3-12(8)16/h1-6,21H,7H2. The van der Waals surface area contributed by atoms with Crippen molar-refractivity contribution in [3.63, 3.8) is 0 Å². The quantitative estimate of drug-likeness (QED) is 0.571. The first-order valence-electron chi connectivity index (χ1n) is 5.82. The predicted octanol–water partition coefficient (Wildman–Crippen LogP) is 6.50. The van der Waals surface area contributed by atoms with E-state index in [1.165, 1.54) is 6.07 Å². The van der Waals surface area contributed by atoms with Gasteiger partial charge < -0.3 is 5.32 Å². The Labute approximate surface area is 141 Å². The molecular weight excluding hydrogens is 434 g/mol. The number of nitrogens with one attached hydrogen (secondary N) is 1. The van der Waals surface area contributed by atoms with Crippen LogP contribution in [0.3, 0.4) is 0 Å². The summed E-state index contributed by atoms with van der Waals surface area (Å²) in [7, 11) is 0. The number of rotatable bonds is 3. The summed E-state index contributed by atoms with van der Waals surface area (Å²) in [6, 6.07) is 9.16. The molecule has 0 saturated heterocycles. The zero-order chi connectivity index (χ0) is 15.6. The van der Waals surface area contributed by atoms with Gasteiger partial charge in [-0.2, -0.15) is 13.2 Å². The van der Waals surface area contributed by atoms with Gasteiger partial charge in [0, 0.05) is 26.2 Å². The molecule has 21 heavy (non-hydrogen) atoms. The molecule has 0 heterocycles. The number of halogens is 6. The molecule has 0 aliphatic carbocycles. The SMILES string of the molecule is FC(F)(F)c1cc(Br)ccc1NCc1cc(Cl)ccc1Br. The zero-order valence-electron chi connectivity index (χ0n) is 10.4. The van der Waals surface area contributed by atoms with Crippen molar-refractivity contribution in [2.75, 3.05) is 5.32 Å². The number of hydrogen-bond acceptors (Lipinski definition) is 1. The smallest absolute Gasteiger partial charge is 0.380 e. The number of benzene rings is 2. The maximum Gasteiger partial charge on any atom is 0.418 e. The minimum atomic E-state index is -4.42. The molecule has 0 bridgehead atoms. The van der Waals surface area contributed by atoms with Gasteiger partial charge in [0.05, 0.1) is 5.56 Å². The summed E-state index contributed by atoms with van der Waals surface area (Å²) in [6.45, 7) is 0.228. The molecule has 0 spiro atoms. The first-order chi connectivity index (χ1) is 9.77. The predicted molar refractivity (Wildman–Crippen MR) is 85.6 cm³/mol. The van der Waals surface area contributed by atoms with Gasteiger partial charge >= 0.3 is 6.18 Å². The Hall–Kier alpha value is -0.720. The highest BCUT2D eigenvalue weighted by Crippen LogP contribution is 2.37. The van der Waals surface area contributed by atoms with Crippen molar-refractivity contribution in [3.05, 3.63) is 61.5 Å². The third-order valence-corrected chi connectivity index (χ3v) is 4.27. The summed E-state index contributed by atoms with van der Waals surface area (Å²) < 4.78 is 40.2. The van der Waals surface area contributed by atoms with Gasteiger partial charge in [-0.25, -0.2) is 0 Å². The lowest BCUT2D eigenvalue weighted by molar-refractivity contribution is -0.137. The summed E-state index contributed by atoms with van der Waals surface area (Å²) in [5, 5.41) is 3.33. The van der Waals surface area contributed by atoms with Gasteiger partial charge in [0.15, 0.2) is 0 Å². The van der Waals surface area contributed by atoms with E-state index in [1.807, 2.05) is 0 Å². The van der Waals surface area contributed by atoms with E-state index in [9.17, 15) is 13.2 Å². The molecule has 112 valence electrons. The van der Waals surface area contributed by atoms with Crippen molar-refractivity contribution in [3.8, 4) is 0 Å². The Morgan fingerprint density at radius 1 is 1.05 bits per heavy atom. The topological polar surface area (TPSA) is 12.0 Å². The van der Waals surface area contributed by atoms with Crippen molar-refractivity contribution < 1.29 is 13.2 Å². The molecule has 0 atom stereocenters. The van der Waals surface area contributed by atoms with Gasteiger partial charge in [0.1, 0.15) is 0 Å². The Kier molecular flexibility index (Phi) is 5.22. The fourth-order valence-corrected chi connectivity index (χ4v) is 2.72. The third kappa shape index (κ3) is 4.37. The lowest BCUT2D eigenvalue weighted by atomic mass is 10.1. The Bertz CT molecular complexity index is 659. The van der Waals surface area contributed by atoms with Crippen LogP contribution in [0.1, 0.15) is 11.1 Å². The molecule has 1 N–H and O–H groups in total. The number of hydrogen-bond donors (Lipinski definition) is 1. The molecule has 0 saturated carbocycles. The van der Waals surface area contributed by atoms with Gasteiger partial charge in [-0.15, -0.1) is 0 Å². The first kappa shape index (κ1) is 16.6. The molecule has 0 aliphatic heterocycles. The van der Waals surface area contributed by atoms with Crippen LogP contribution in [-0.2, 0) is 12.7 Å². The fraction of sp³-hybridized carbons (Fsp3) is 0.143. The van der Waals surface area contributed by atoms with E-state index in [0.717, 1.165) is 16.1 Å². The van der Waals surface area contributed by atoms with Crippen molar-refractivity contribution >= 4 is 49.1 Å². The lowest BCUT2D eigenvalue weighted by Crippen LogP contribution is -2.11. The van der Waals surface area contributed by atoms with E-state index in [1.54, 1.807) is 24.3 Å². The molecule has 0 aliphatic rings. The molecule has 7 heteroatoms. The fourth-order valence-electron chi connectivity index (χ4n) is 1.77. The molecule has 0 fully saturated rings. The lowest BCUT2D eigenvalue weighted by Gasteiger charge is -2.15. The Morgan fingerprint density at radius 3 is 2.43 bits per heavy atom. The highest BCUT2D eigenvalue weighted by molar-refractivity contribution is 9.10. The summed E-state index contributed by atoms with van der Waals surface area (Å²) >= 11 is 12.3. The van der Waals surface area contributed by atoms with Crippen LogP contribution in [0, 0.1) is 0 Å². The van der Waals surface area contributed by atoms with Crippen LogP contribution in [0.5, 0.6) is 0 Å². The van der Waals surface area contributed by atoms with Crippen molar-refractivity contribution in [2.45, 2.75) is 12.7 Å². The molecule has 2 aromatic rings. The average Bonchev–Trinajstić information content (AvgIpc) is 2.40. The molecule has 0 amide bonds. The van der Waals surface area contributed by atoms with E-state index >= 15 is 0 Å². The van der Waals surface area contributed by atoms with Crippen LogP contribution in [0.25, 0.3) is 0 Å². The molecule has 2 rings (SSSR count). The summed E-state index contributed by atoms with van der Waals surface area (Å²) in [5.41, 5.74) is 0.0890. The van der Waals surface area contributed by atoms with Crippen LogP contribution < -0.4 is 5.32 Å². The highest BCUT2D eigenvalue weighted by Gasteiger charge is 2.33. The van der Waals surface area contributed by atoms with Crippen LogP contribution in [0.4, 0.5) is 18.9 Å². The maximum absolute atomic E-state index is 13.0. The third-order valence-electron chi connectivity index (χ3n) is 2.76. The Balaban J connectivity index is 2.26. The Morgan fingerprint density at radius 2 is 1.76 bits per heavy atom. The summed E-state index contributed by atoms with van der Waals surface area (Å²) in [6.07, 6.45) is -4.42. The largest absolute Gasteiger partial charge is 0.418 e. The van der Waals surface area contributed by atoms with Crippen molar-refractivity contribution in [1.29, 1.82) is 0 Å². The second kappa shape index (κ2) is 6.58. The van der Waals surface area contributed by atoms with Gasteiger partial charge in [0.25, 0.3) is 0 Å². The van der Waals surface area contributed by atoms with Gasteiger partial charge in [-0.1, -0.05) is 43.5 Å². The first-order valence-corrected chi connectivity index (χ1v) is 7.78. The average molecular weight is 443 g/mol. The van der Waals surface area contributed by atoms with Crippen LogP contribution in [0.2, 0.25) is 5.02 Å². The van der Waals surface area contributed by atoms with E-state index in [2.05, 4.69) is 37.2 Å².